The first-order chi connectivity index (χ1) is 19.5. The fraction of sp³-hybridized carbons (Fsp3) is 0.552. The third-order valence-corrected chi connectivity index (χ3v) is 9.18. The number of carbonyl (C=O) groups excluding carboxylic acids is 3. The lowest BCUT2D eigenvalue weighted by molar-refractivity contribution is -0.148. The van der Waals surface area contributed by atoms with E-state index in [0.29, 0.717) is 23.4 Å². The Morgan fingerprint density at radius 2 is 1.79 bits per heavy atom. The molecule has 1 fully saturated rings. The van der Waals surface area contributed by atoms with Gasteiger partial charge in [-0.2, -0.15) is 0 Å². The van der Waals surface area contributed by atoms with Gasteiger partial charge < -0.3 is 36.4 Å². The normalized spacial score (nSPS) is 28.8. The molecule has 1 amide bonds. The van der Waals surface area contributed by atoms with Crippen molar-refractivity contribution in [3.05, 3.63) is 45.4 Å². The molecule has 4 atom stereocenters. The number of rotatable bonds is 7. The number of nitrogens with zero attached hydrogens (tertiary/aromatic N) is 2. The summed E-state index contributed by atoms with van der Waals surface area (Å²) < 4.78 is 26.4. The maximum absolute atomic E-state index is 14.1. The summed E-state index contributed by atoms with van der Waals surface area (Å²) in [7, 11) is 6.68. The first-order valence-corrected chi connectivity index (χ1v) is 13.8. The molecule has 0 spiro atoms. The number of phenols is 1. The number of ketones is 2. The van der Waals surface area contributed by atoms with Gasteiger partial charge in [0.1, 0.15) is 22.8 Å². The van der Waals surface area contributed by atoms with E-state index in [0.717, 1.165) is 0 Å². The first kappa shape index (κ1) is 29.9. The van der Waals surface area contributed by atoms with Crippen LogP contribution >= 0.6 is 0 Å². The number of primary amides is 1. The minimum absolute atomic E-state index is 0.00524. The highest BCUT2D eigenvalue weighted by Crippen LogP contribution is 2.53. The number of benzene rings is 1. The molecule has 11 nitrogen and oxygen atoms in total. The predicted octanol–water partition coefficient (Wildman–Crippen LogP) is 1.32. The van der Waals surface area contributed by atoms with Gasteiger partial charge in [0.05, 0.1) is 11.6 Å². The molecular formula is C29H36F2N4O7. The standard InChI is InChI=1S/C29H36F2N4O7/c1-34(2)17-7-14(11-33-10-12-8-28(30,31)9-12)22(36)19-15(17)5-13-6-16-21(35(3)4)24(38)20(27(32)41)26(40)29(16,42)25(39)18(13)23(19)37/h7,12-13,16,21,33,36,38-39,42H,5-6,8-11H2,1-4H3,(H2,32,41)/t13-,16-,21-,29-/m0/s1. The summed E-state index contributed by atoms with van der Waals surface area (Å²) in [4.78, 5) is 42.9. The Balaban J connectivity index is 1.58. The fourth-order valence-electron chi connectivity index (χ4n) is 7.23. The molecule has 7 N–H and O–H groups in total. The highest BCUT2D eigenvalue weighted by Gasteiger charge is 2.63. The minimum atomic E-state index is -2.71. The van der Waals surface area contributed by atoms with Gasteiger partial charge in [-0.15, -0.1) is 0 Å². The molecule has 5 rings (SSSR count). The number of halogens is 2. The second kappa shape index (κ2) is 10.0. The van der Waals surface area contributed by atoms with Crippen molar-refractivity contribution in [3.63, 3.8) is 0 Å². The van der Waals surface area contributed by atoms with Crippen molar-refractivity contribution in [2.75, 3.05) is 39.6 Å². The number of likely N-dealkylation sites (N-methyl/N-ethyl adjacent to an activating group) is 1. The van der Waals surface area contributed by atoms with E-state index in [4.69, 9.17) is 5.73 Å². The Kier molecular flexibility index (Phi) is 7.14. The first-order valence-electron chi connectivity index (χ1n) is 13.8. The molecule has 1 aromatic carbocycles. The third-order valence-electron chi connectivity index (χ3n) is 9.18. The molecule has 1 saturated carbocycles. The molecule has 1 aromatic rings. The maximum Gasteiger partial charge on any atom is 0.255 e. The number of allylic oxidation sites excluding steroid dienone is 1. The number of hydrogen-bond acceptors (Lipinski definition) is 10. The van der Waals surface area contributed by atoms with Gasteiger partial charge in [0.15, 0.2) is 11.4 Å². The number of Topliss-reactive ketones (excluding diaryl/α,β-unsaturated/α-hetero) is 2. The van der Waals surface area contributed by atoms with E-state index in [1.165, 1.54) is 4.90 Å². The second-order valence-electron chi connectivity index (χ2n) is 12.4. The van der Waals surface area contributed by atoms with Gasteiger partial charge >= 0.3 is 0 Å². The summed E-state index contributed by atoms with van der Waals surface area (Å²) in [5, 5.41) is 48.5. The van der Waals surface area contributed by atoms with Crippen LogP contribution in [0.4, 0.5) is 14.5 Å². The number of hydrogen-bond donors (Lipinski definition) is 6. The topological polar surface area (TPSA) is 177 Å². The summed E-state index contributed by atoms with van der Waals surface area (Å²) in [5.74, 6) is -9.91. The van der Waals surface area contributed by atoms with E-state index in [9.17, 15) is 43.6 Å². The number of nitrogens with one attached hydrogen (secondary N) is 1. The highest BCUT2D eigenvalue weighted by molar-refractivity contribution is 6.24. The molecule has 228 valence electrons. The highest BCUT2D eigenvalue weighted by atomic mass is 19.3. The molecule has 0 unspecified atom stereocenters. The number of fused-ring (bicyclic) bond motifs is 3. The van der Waals surface area contributed by atoms with Crippen LogP contribution in [0.2, 0.25) is 0 Å². The monoisotopic (exact) mass is 590 g/mol. The van der Waals surface area contributed by atoms with Gasteiger partial charge in [-0.05, 0) is 56.9 Å². The Hall–Kier alpha value is -3.55. The molecule has 13 heteroatoms. The van der Waals surface area contributed by atoms with Crippen LogP contribution in [-0.4, -0.2) is 95.1 Å². The number of amides is 1. The molecule has 42 heavy (non-hydrogen) atoms. The summed E-state index contributed by atoms with van der Waals surface area (Å²) in [6.07, 6.45) is -0.266. The average Bonchev–Trinajstić information content (AvgIpc) is 2.85. The quantitative estimate of drug-likeness (QED) is 0.254. The number of nitrogens with two attached hydrogens (primary N) is 1. The number of aliphatic hydroxyl groups is 3. The Bertz CT molecular complexity index is 1450. The average molecular weight is 591 g/mol. The Morgan fingerprint density at radius 1 is 1.14 bits per heavy atom. The van der Waals surface area contributed by atoms with Gasteiger partial charge in [-0.1, -0.05) is 0 Å². The van der Waals surface area contributed by atoms with Crippen LogP contribution in [0.5, 0.6) is 5.75 Å². The molecule has 0 aliphatic heterocycles. The Labute approximate surface area is 241 Å². The second-order valence-corrected chi connectivity index (χ2v) is 12.4. The van der Waals surface area contributed by atoms with Gasteiger partial charge in [0, 0.05) is 56.2 Å². The predicted molar refractivity (Wildman–Crippen MR) is 147 cm³/mol. The van der Waals surface area contributed by atoms with E-state index in [1.807, 2.05) is 0 Å². The van der Waals surface area contributed by atoms with Crippen molar-refractivity contribution in [2.24, 2.45) is 23.5 Å². The van der Waals surface area contributed by atoms with Crippen LogP contribution in [0.15, 0.2) is 28.7 Å². The molecule has 4 aliphatic rings. The van der Waals surface area contributed by atoms with E-state index in [-0.39, 0.29) is 55.0 Å². The summed E-state index contributed by atoms with van der Waals surface area (Å²) >= 11 is 0. The molecular weight excluding hydrogens is 554 g/mol. The van der Waals surface area contributed by atoms with Gasteiger partial charge in [0.2, 0.25) is 11.7 Å². The lowest BCUT2D eigenvalue weighted by atomic mass is 9.58. The van der Waals surface area contributed by atoms with Crippen molar-refractivity contribution in [1.82, 2.24) is 10.2 Å². The number of phenolic OH excluding ortho intramolecular Hbond substituents is 1. The third kappa shape index (κ3) is 4.36. The van der Waals surface area contributed by atoms with Gasteiger partial charge in [0.25, 0.3) is 5.91 Å². The number of aliphatic hydroxyl groups excluding tert-OH is 2. The maximum atomic E-state index is 14.1. The van der Waals surface area contributed by atoms with Crippen molar-refractivity contribution in [3.8, 4) is 5.75 Å². The largest absolute Gasteiger partial charge is 0.510 e. The van der Waals surface area contributed by atoms with Crippen molar-refractivity contribution < 1.29 is 43.6 Å². The van der Waals surface area contributed by atoms with E-state index < -0.39 is 64.0 Å². The number of aromatic hydroxyl groups is 1. The van der Waals surface area contributed by atoms with Crippen molar-refractivity contribution >= 4 is 23.2 Å². The van der Waals surface area contributed by atoms with Crippen molar-refractivity contribution in [2.45, 2.75) is 49.8 Å². The summed E-state index contributed by atoms with van der Waals surface area (Å²) in [5.41, 5.74) is 2.95. The van der Waals surface area contributed by atoms with E-state index in [1.54, 1.807) is 39.2 Å². The molecule has 0 radical (unpaired) electrons. The lowest BCUT2D eigenvalue weighted by Crippen LogP contribution is -2.63. The zero-order chi connectivity index (χ0) is 31.0. The molecule has 0 saturated heterocycles. The minimum Gasteiger partial charge on any atom is -0.510 e. The van der Waals surface area contributed by atoms with E-state index in [2.05, 4.69) is 5.32 Å². The number of anilines is 1. The molecule has 0 aromatic heterocycles. The summed E-state index contributed by atoms with van der Waals surface area (Å²) in [6, 6.07) is 0.652. The smallest absolute Gasteiger partial charge is 0.255 e. The SMILES string of the molecule is CN(C)c1cc(CNCC2CC(F)(F)C2)c(O)c2c1C[C@H]1C[C@H]3[C@H](N(C)C)C(O)=C(C(N)=O)C(=O)[C@@]3(O)C(O)=C1C2=O. The lowest BCUT2D eigenvalue weighted by Gasteiger charge is -2.50. The zero-order valence-corrected chi connectivity index (χ0v) is 23.9. The molecule has 0 bridgehead atoms. The number of carbonyl (C=O) groups is 3. The summed E-state index contributed by atoms with van der Waals surface area (Å²) in [6.45, 7) is 0.391. The fourth-order valence-corrected chi connectivity index (χ4v) is 7.23. The van der Waals surface area contributed by atoms with Crippen LogP contribution < -0.4 is 16.0 Å². The van der Waals surface area contributed by atoms with Crippen LogP contribution in [0.1, 0.15) is 40.7 Å². The zero-order valence-electron chi connectivity index (χ0n) is 23.9. The van der Waals surface area contributed by atoms with Crippen LogP contribution in [-0.2, 0) is 22.6 Å². The number of alkyl halides is 2. The van der Waals surface area contributed by atoms with Gasteiger partial charge in [-0.25, -0.2) is 8.78 Å². The van der Waals surface area contributed by atoms with Gasteiger partial charge in [-0.3, -0.25) is 19.3 Å². The van der Waals surface area contributed by atoms with Crippen LogP contribution in [0.25, 0.3) is 0 Å². The van der Waals surface area contributed by atoms with Crippen molar-refractivity contribution in [1.29, 1.82) is 0 Å². The Morgan fingerprint density at radius 3 is 2.33 bits per heavy atom. The van der Waals surface area contributed by atoms with Crippen LogP contribution in [0, 0.1) is 17.8 Å². The van der Waals surface area contributed by atoms with Crippen LogP contribution in [0.3, 0.4) is 0 Å². The van der Waals surface area contributed by atoms with E-state index >= 15 is 0 Å². The molecule has 0 heterocycles. The molecule has 4 aliphatic carbocycles.